The molecule has 0 amide bonds. The number of ether oxygens (including phenoxy) is 3. The van der Waals surface area contributed by atoms with Crippen LogP contribution in [0.2, 0.25) is 0 Å². The van der Waals surface area contributed by atoms with E-state index >= 15 is 0 Å². The molecule has 1 aliphatic heterocycles. The Morgan fingerprint density at radius 1 is 0.846 bits per heavy atom. The van der Waals surface area contributed by atoms with E-state index < -0.39 is 6.48 Å². The first-order valence-electron chi connectivity index (χ1n) is 13.6. The van der Waals surface area contributed by atoms with Crippen LogP contribution >= 0.6 is 0 Å². The van der Waals surface area contributed by atoms with Crippen molar-refractivity contribution < 1.29 is 14.2 Å². The van der Waals surface area contributed by atoms with E-state index in [9.17, 15) is 0 Å². The number of aromatic nitrogens is 2. The zero-order chi connectivity index (χ0) is 26.4. The van der Waals surface area contributed by atoms with Crippen molar-refractivity contribution in [3.05, 3.63) is 119 Å². The Morgan fingerprint density at radius 3 is 2.49 bits per heavy atom. The Bertz CT molecular complexity index is 1380. The number of hydrogen-bond donors (Lipinski definition) is 1. The molecule has 4 aromatic rings. The highest BCUT2D eigenvalue weighted by Gasteiger charge is 2.29. The Balaban J connectivity index is 1.18. The van der Waals surface area contributed by atoms with Gasteiger partial charge < -0.3 is 19.5 Å². The maximum atomic E-state index is 5.79. The van der Waals surface area contributed by atoms with E-state index in [1.807, 2.05) is 36.7 Å². The molecule has 1 N–H and O–H groups in total. The van der Waals surface area contributed by atoms with Crippen molar-refractivity contribution in [2.45, 2.75) is 58.0 Å². The number of nitrogens with zero attached hydrogens (tertiary/aromatic N) is 3. The molecule has 7 heteroatoms. The smallest absolute Gasteiger partial charge is 0.360 e. The minimum absolute atomic E-state index is 0.256. The van der Waals surface area contributed by atoms with Crippen LogP contribution in [-0.4, -0.2) is 28.5 Å². The van der Waals surface area contributed by atoms with Crippen LogP contribution in [-0.2, 0) is 37.3 Å². The molecule has 0 saturated carbocycles. The maximum absolute atomic E-state index is 5.79. The third-order valence-electron chi connectivity index (χ3n) is 7.41. The summed E-state index contributed by atoms with van der Waals surface area (Å²) < 4.78 is 16.7. The highest BCUT2D eigenvalue weighted by Crippen LogP contribution is 2.38. The van der Waals surface area contributed by atoms with Gasteiger partial charge in [-0.05, 0) is 71.8 Å². The summed E-state index contributed by atoms with van der Waals surface area (Å²) in [5.74, 6) is 1.44. The first kappa shape index (κ1) is 25.5. The summed E-state index contributed by atoms with van der Waals surface area (Å²) in [5.41, 5.74) is 7.34. The second kappa shape index (κ2) is 11.9. The summed E-state index contributed by atoms with van der Waals surface area (Å²) in [5, 5.41) is 3.49. The second-order valence-electron chi connectivity index (χ2n) is 10.1. The molecule has 3 heterocycles. The molecule has 2 aliphatic rings. The van der Waals surface area contributed by atoms with Crippen LogP contribution in [0.1, 0.15) is 52.5 Å². The predicted octanol–water partition coefficient (Wildman–Crippen LogP) is 5.55. The molecule has 200 valence electrons. The van der Waals surface area contributed by atoms with Gasteiger partial charge in [-0.1, -0.05) is 42.5 Å². The summed E-state index contributed by atoms with van der Waals surface area (Å²) in [6, 6.07) is 25.6. The van der Waals surface area contributed by atoms with Crippen LogP contribution in [0.15, 0.2) is 85.2 Å². The SMILES string of the molecule is COC1Oc2ccc(CN(Cc3ccc(CNCc4ccccn4)cc3)C3CCCc4cccnc43)cc2O1. The zero-order valence-electron chi connectivity index (χ0n) is 22.3. The topological polar surface area (TPSA) is 68.7 Å². The molecular weight excluding hydrogens is 488 g/mol. The van der Waals surface area contributed by atoms with E-state index in [-0.39, 0.29) is 6.04 Å². The average molecular weight is 523 g/mol. The molecular formula is C32H34N4O3. The second-order valence-corrected chi connectivity index (χ2v) is 10.1. The molecule has 2 aromatic carbocycles. The minimum atomic E-state index is -0.683. The lowest BCUT2D eigenvalue weighted by Crippen LogP contribution is -2.31. The molecule has 7 nitrogen and oxygen atoms in total. The first-order chi connectivity index (χ1) is 19.2. The molecule has 2 aromatic heterocycles. The molecule has 2 unspecified atom stereocenters. The predicted molar refractivity (Wildman–Crippen MR) is 149 cm³/mol. The van der Waals surface area contributed by atoms with Gasteiger partial charge in [0, 0.05) is 45.7 Å². The van der Waals surface area contributed by atoms with Crippen LogP contribution in [0.25, 0.3) is 0 Å². The summed E-state index contributed by atoms with van der Waals surface area (Å²) >= 11 is 0. The summed E-state index contributed by atoms with van der Waals surface area (Å²) in [7, 11) is 1.58. The van der Waals surface area contributed by atoms with Crippen molar-refractivity contribution in [3.63, 3.8) is 0 Å². The Kier molecular flexibility index (Phi) is 7.81. The van der Waals surface area contributed by atoms with Gasteiger partial charge in [0.1, 0.15) is 0 Å². The van der Waals surface area contributed by atoms with Gasteiger partial charge in [0.25, 0.3) is 0 Å². The summed E-state index contributed by atoms with van der Waals surface area (Å²) in [6.07, 6.45) is 7.11. The molecule has 2 atom stereocenters. The van der Waals surface area contributed by atoms with E-state index in [1.165, 1.54) is 27.9 Å². The number of rotatable bonds is 10. The highest BCUT2D eigenvalue weighted by atomic mass is 16.9. The normalized spacial score (nSPS) is 17.8. The number of pyridine rings is 2. The molecule has 0 fully saturated rings. The lowest BCUT2D eigenvalue weighted by molar-refractivity contribution is -0.157. The van der Waals surface area contributed by atoms with Crippen molar-refractivity contribution in [2.24, 2.45) is 0 Å². The molecule has 0 saturated heterocycles. The van der Waals surface area contributed by atoms with E-state index in [0.29, 0.717) is 5.75 Å². The lowest BCUT2D eigenvalue weighted by Gasteiger charge is -2.35. The summed E-state index contributed by atoms with van der Waals surface area (Å²) in [6.45, 7) is 2.49. The van der Waals surface area contributed by atoms with Crippen LogP contribution in [0.4, 0.5) is 0 Å². The van der Waals surface area contributed by atoms with Gasteiger partial charge in [0.2, 0.25) is 0 Å². The lowest BCUT2D eigenvalue weighted by atomic mass is 9.90. The summed E-state index contributed by atoms with van der Waals surface area (Å²) in [4.78, 5) is 11.8. The van der Waals surface area contributed by atoms with E-state index in [4.69, 9.17) is 19.2 Å². The van der Waals surface area contributed by atoms with Crippen LogP contribution in [0, 0.1) is 0 Å². The third kappa shape index (κ3) is 6.11. The van der Waals surface area contributed by atoms with Crippen molar-refractivity contribution in [1.82, 2.24) is 20.2 Å². The number of hydrogen-bond acceptors (Lipinski definition) is 7. The van der Waals surface area contributed by atoms with Crippen molar-refractivity contribution in [3.8, 4) is 11.5 Å². The van der Waals surface area contributed by atoms with Crippen molar-refractivity contribution in [2.75, 3.05) is 7.11 Å². The number of aryl methyl sites for hydroxylation is 1. The largest absolute Gasteiger partial charge is 0.428 e. The van der Waals surface area contributed by atoms with Gasteiger partial charge >= 0.3 is 6.48 Å². The van der Waals surface area contributed by atoms with E-state index in [0.717, 1.165) is 56.9 Å². The Morgan fingerprint density at radius 2 is 1.64 bits per heavy atom. The molecule has 39 heavy (non-hydrogen) atoms. The highest BCUT2D eigenvalue weighted by molar-refractivity contribution is 5.45. The molecule has 0 bridgehead atoms. The fourth-order valence-electron chi connectivity index (χ4n) is 5.45. The molecule has 0 spiro atoms. The molecule has 0 radical (unpaired) electrons. The monoisotopic (exact) mass is 522 g/mol. The van der Waals surface area contributed by atoms with E-state index in [2.05, 4.69) is 63.7 Å². The first-order valence-corrected chi connectivity index (χ1v) is 13.6. The van der Waals surface area contributed by atoms with Gasteiger partial charge in [0.15, 0.2) is 11.5 Å². The fourth-order valence-corrected chi connectivity index (χ4v) is 5.45. The number of fused-ring (bicyclic) bond motifs is 2. The third-order valence-corrected chi connectivity index (χ3v) is 7.41. The van der Waals surface area contributed by atoms with Crippen LogP contribution in [0.3, 0.4) is 0 Å². The van der Waals surface area contributed by atoms with Crippen molar-refractivity contribution >= 4 is 0 Å². The van der Waals surface area contributed by atoms with Gasteiger partial charge in [-0.15, -0.1) is 0 Å². The van der Waals surface area contributed by atoms with E-state index in [1.54, 1.807) is 7.11 Å². The maximum Gasteiger partial charge on any atom is 0.360 e. The standard InChI is InChI=1S/C32H34N4O3/c1-37-32-38-29-15-14-25(18-30(29)39-32)22-36(28-9-4-6-26-7-5-17-35-31(26)28)21-24-12-10-23(11-13-24)19-33-20-27-8-2-3-16-34-27/h2-3,5,7-8,10-18,28,32-33H,4,6,9,19-22H2,1H3. The number of benzene rings is 2. The minimum Gasteiger partial charge on any atom is -0.428 e. The van der Waals surface area contributed by atoms with Gasteiger partial charge in [-0.25, -0.2) is 0 Å². The number of methoxy groups -OCH3 is 1. The zero-order valence-corrected chi connectivity index (χ0v) is 22.3. The van der Waals surface area contributed by atoms with Gasteiger partial charge in [-0.2, -0.15) is 0 Å². The quantitative estimate of drug-likeness (QED) is 0.293. The van der Waals surface area contributed by atoms with Crippen LogP contribution in [0.5, 0.6) is 11.5 Å². The van der Waals surface area contributed by atoms with Crippen molar-refractivity contribution in [1.29, 1.82) is 0 Å². The van der Waals surface area contributed by atoms with Gasteiger partial charge in [0.05, 0.1) is 17.4 Å². The Labute approximate surface area is 229 Å². The van der Waals surface area contributed by atoms with Gasteiger partial charge in [-0.3, -0.25) is 14.9 Å². The fraction of sp³-hybridized carbons (Fsp3) is 0.312. The Hall–Kier alpha value is -3.78. The number of nitrogens with one attached hydrogen (secondary N) is 1. The molecule has 6 rings (SSSR count). The average Bonchev–Trinajstić information content (AvgIpc) is 3.41. The molecule has 1 aliphatic carbocycles. The van der Waals surface area contributed by atoms with Crippen LogP contribution < -0.4 is 14.8 Å².